The number of nitrogens with two attached hydrogens (primary N) is 2. The van der Waals surface area contributed by atoms with Gasteiger partial charge in [0, 0.05) is 17.8 Å². The summed E-state index contributed by atoms with van der Waals surface area (Å²) in [6.45, 7) is 0. The molecule has 0 saturated heterocycles. The van der Waals surface area contributed by atoms with Crippen LogP contribution in [0.3, 0.4) is 0 Å². The van der Waals surface area contributed by atoms with Crippen LogP contribution in [-0.4, -0.2) is 11.1 Å². The molecule has 0 heterocycles. The number of hydrogen-bond acceptors (Lipinski definition) is 3. The summed E-state index contributed by atoms with van der Waals surface area (Å²) in [6.07, 6.45) is 0.358. The first kappa shape index (κ1) is 10.1. The summed E-state index contributed by atoms with van der Waals surface area (Å²) in [5, 5.41) is 0.358. The minimum absolute atomic E-state index is 0.108. The Kier molecular flexibility index (Phi) is 3.31. The van der Waals surface area contributed by atoms with Gasteiger partial charge in [-0.3, -0.25) is 4.79 Å². The molecule has 4 heteroatoms. The van der Waals surface area contributed by atoms with Gasteiger partial charge in [-0.25, -0.2) is 0 Å². The van der Waals surface area contributed by atoms with E-state index in [9.17, 15) is 4.79 Å². The lowest BCUT2D eigenvalue weighted by molar-refractivity contribution is -0.115. The van der Waals surface area contributed by atoms with E-state index >= 15 is 0 Å². The quantitative estimate of drug-likeness (QED) is 0.622. The summed E-state index contributed by atoms with van der Waals surface area (Å²) < 4.78 is 0. The zero-order chi connectivity index (χ0) is 9.84. The van der Waals surface area contributed by atoms with Crippen molar-refractivity contribution in [1.29, 1.82) is 0 Å². The van der Waals surface area contributed by atoms with Gasteiger partial charge in [0.15, 0.2) is 0 Å². The first-order chi connectivity index (χ1) is 6.13. The van der Waals surface area contributed by atoms with Crippen molar-refractivity contribution in [3.05, 3.63) is 23.8 Å². The second-order valence-corrected chi connectivity index (χ2v) is 3.37. The molecule has 1 aromatic carbocycles. The Balaban J connectivity index is 2.83. The number of anilines is 2. The molecule has 0 aliphatic heterocycles. The molecule has 1 rings (SSSR count). The van der Waals surface area contributed by atoms with E-state index in [1.54, 1.807) is 18.2 Å². The second-order valence-electron chi connectivity index (χ2n) is 2.81. The lowest BCUT2D eigenvalue weighted by Gasteiger charge is -2.04. The van der Waals surface area contributed by atoms with Crippen LogP contribution < -0.4 is 11.5 Å². The minimum atomic E-state index is 0.108. The molecule has 13 heavy (non-hydrogen) atoms. The van der Waals surface area contributed by atoms with E-state index in [1.165, 1.54) is 0 Å². The average molecular weight is 243 g/mol. The number of carbonyl (C=O) groups excluding carboxylic acids is 1. The summed E-state index contributed by atoms with van der Waals surface area (Å²) in [5.74, 6) is 0.108. The summed E-state index contributed by atoms with van der Waals surface area (Å²) >= 11 is 3.10. The van der Waals surface area contributed by atoms with Crippen molar-refractivity contribution in [2.75, 3.05) is 16.8 Å². The van der Waals surface area contributed by atoms with Gasteiger partial charge < -0.3 is 11.5 Å². The lowest BCUT2D eigenvalue weighted by atomic mass is 10.1. The molecule has 0 aliphatic carbocycles. The van der Waals surface area contributed by atoms with Crippen LogP contribution in [0.15, 0.2) is 18.2 Å². The van der Waals surface area contributed by atoms with Crippen LogP contribution in [0, 0.1) is 0 Å². The Morgan fingerprint density at radius 3 is 2.62 bits per heavy atom. The number of nitrogen functional groups attached to an aromatic ring is 2. The zero-order valence-electron chi connectivity index (χ0n) is 7.09. The molecule has 4 N–H and O–H groups in total. The normalized spacial score (nSPS) is 9.92. The SMILES string of the molecule is Nc1ccc(CC(=O)CBr)c(N)c1. The molecule has 0 bridgehead atoms. The van der Waals surface area contributed by atoms with Crippen molar-refractivity contribution < 1.29 is 4.79 Å². The second kappa shape index (κ2) is 4.28. The number of Topliss-reactive ketones (excluding diaryl/α,β-unsaturated/α-hetero) is 1. The molecule has 3 nitrogen and oxygen atoms in total. The van der Waals surface area contributed by atoms with E-state index in [2.05, 4.69) is 15.9 Å². The number of halogens is 1. The van der Waals surface area contributed by atoms with E-state index < -0.39 is 0 Å². The fraction of sp³-hybridized carbons (Fsp3) is 0.222. The maximum Gasteiger partial charge on any atom is 0.147 e. The fourth-order valence-corrected chi connectivity index (χ4v) is 1.23. The summed E-state index contributed by atoms with van der Waals surface area (Å²) in [4.78, 5) is 11.1. The summed E-state index contributed by atoms with van der Waals surface area (Å²) in [5.41, 5.74) is 13.2. The first-order valence-electron chi connectivity index (χ1n) is 3.85. The Morgan fingerprint density at radius 2 is 2.08 bits per heavy atom. The van der Waals surface area contributed by atoms with Crippen molar-refractivity contribution in [1.82, 2.24) is 0 Å². The number of hydrogen-bond donors (Lipinski definition) is 2. The molecule has 0 aliphatic rings. The Morgan fingerprint density at radius 1 is 1.38 bits per heavy atom. The molecule has 0 unspecified atom stereocenters. The van der Waals surface area contributed by atoms with E-state index in [1.807, 2.05) is 0 Å². The van der Waals surface area contributed by atoms with Crippen molar-refractivity contribution in [3.8, 4) is 0 Å². The van der Waals surface area contributed by atoms with E-state index in [0.29, 0.717) is 23.1 Å². The predicted molar refractivity (Wildman–Crippen MR) is 57.8 cm³/mol. The van der Waals surface area contributed by atoms with Crippen molar-refractivity contribution in [2.45, 2.75) is 6.42 Å². The molecule has 0 amide bonds. The molecule has 0 radical (unpaired) electrons. The van der Waals surface area contributed by atoms with Gasteiger partial charge in [-0.15, -0.1) is 0 Å². The Bertz CT molecular complexity index is 325. The van der Waals surface area contributed by atoms with Crippen LogP contribution in [-0.2, 0) is 11.2 Å². The number of benzene rings is 1. The first-order valence-corrected chi connectivity index (χ1v) is 4.97. The molecular formula is C9H11BrN2O. The van der Waals surface area contributed by atoms with Crippen LogP contribution in [0.25, 0.3) is 0 Å². The topological polar surface area (TPSA) is 69.1 Å². The van der Waals surface area contributed by atoms with Gasteiger partial charge in [-0.2, -0.15) is 0 Å². The molecule has 0 atom stereocenters. The lowest BCUT2D eigenvalue weighted by Crippen LogP contribution is -2.06. The predicted octanol–water partition coefficient (Wildman–Crippen LogP) is 1.36. The third-order valence-corrected chi connectivity index (χ3v) is 2.33. The van der Waals surface area contributed by atoms with Crippen LogP contribution in [0.2, 0.25) is 0 Å². The summed E-state index contributed by atoms with van der Waals surface area (Å²) in [6, 6.07) is 5.19. The highest BCUT2D eigenvalue weighted by atomic mass is 79.9. The van der Waals surface area contributed by atoms with Crippen molar-refractivity contribution in [3.63, 3.8) is 0 Å². The van der Waals surface area contributed by atoms with Crippen molar-refractivity contribution in [2.24, 2.45) is 0 Å². The van der Waals surface area contributed by atoms with Gasteiger partial charge in [0.2, 0.25) is 0 Å². The summed E-state index contributed by atoms with van der Waals surface area (Å²) in [7, 11) is 0. The number of ketones is 1. The van der Waals surface area contributed by atoms with E-state index in [0.717, 1.165) is 5.56 Å². The Labute approximate surface area is 85.2 Å². The van der Waals surface area contributed by atoms with Gasteiger partial charge in [0.25, 0.3) is 0 Å². The molecule has 70 valence electrons. The highest BCUT2D eigenvalue weighted by Gasteiger charge is 2.04. The molecule has 0 saturated carbocycles. The third-order valence-electron chi connectivity index (χ3n) is 1.71. The molecule has 1 aromatic rings. The fourth-order valence-electron chi connectivity index (χ4n) is 1.03. The van der Waals surface area contributed by atoms with Gasteiger partial charge >= 0.3 is 0 Å². The largest absolute Gasteiger partial charge is 0.399 e. The van der Waals surface area contributed by atoms with Gasteiger partial charge in [0.05, 0.1) is 5.33 Å². The number of carbonyl (C=O) groups is 1. The average Bonchev–Trinajstić information content (AvgIpc) is 2.09. The van der Waals surface area contributed by atoms with Crippen LogP contribution in [0.5, 0.6) is 0 Å². The van der Waals surface area contributed by atoms with E-state index in [4.69, 9.17) is 11.5 Å². The van der Waals surface area contributed by atoms with Gasteiger partial charge in [-0.05, 0) is 17.7 Å². The number of rotatable bonds is 3. The monoisotopic (exact) mass is 242 g/mol. The maximum absolute atomic E-state index is 11.1. The standard InChI is InChI=1S/C9H11BrN2O/c10-5-8(13)3-6-1-2-7(11)4-9(6)12/h1-2,4H,3,5,11-12H2. The van der Waals surface area contributed by atoms with Gasteiger partial charge in [-0.1, -0.05) is 22.0 Å². The minimum Gasteiger partial charge on any atom is -0.399 e. The molecule has 0 fully saturated rings. The number of alkyl halides is 1. The zero-order valence-corrected chi connectivity index (χ0v) is 8.67. The van der Waals surface area contributed by atoms with Crippen LogP contribution in [0.4, 0.5) is 11.4 Å². The van der Waals surface area contributed by atoms with Crippen LogP contribution >= 0.6 is 15.9 Å². The van der Waals surface area contributed by atoms with Gasteiger partial charge in [0.1, 0.15) is 5.78 Å². The Hall–Kier alpha value is -1.03. The smallest absolute Gasteiger partial charge is 0.147 e. The molecular weight excluding hydrogens is 232 g/mol. The van der Waals surface area contributed by atoms with Crippen LogP contribution in [0.1, 0.15) is 5.56 Å². The highest BCUT2D eigenvalue weighted by Crippen LogP contribution is 2.16. The van der Waals surface area contributed by atoms with E-state index in [-0.39, 0.29) is 5.78 Å². The molecule has 0 spiro atoms. The third kappa shape index (κ3) is 2.73. The van der Waals surface area contributed by atoms with Crippen molar-refractivity contribution >= 4 is 33.1 Å². The maximum atomic E-state index is 11.1. The highest BCUT2D eigenvalue weighted by molar-refractivity contribution is 9.09. The molecule has 0 aromatic heterocycles.